The Morgan fingerprint density at radius 2 is 1.79 bits per heavy atom. The number of nitrogens with zero attached hydrogens (tertiary/aromatic N) is 2. The normalized spacial score (nSPS) is 21.0. The van der Waals surface area contributed by atoms with Crippen molar-refractivity contribution in [2.75, 3.05) is 18.5 Å². The molecule has 1 aliphatic heterocycles. The SMILES string of the molecule is N#Cc1ccccc1NC(=O)COC(=O)CCN1C(=O)[C@H]2CCCC[C@H]2C1=O. The first-order valence-electron chi connectivity index (χ1n) is 9.31. The average Bonchev–Trinajstić information content (AvgIpc) is 2.95. The molecule has 0 aromatic heterocycles. The molecule has 1 heterocycles. The molecular formula is C20H21N3O5. The first kappa shape index (κ1) is 19.5. The zero-order valence-electron chi connectivity index (χ0n) is 15.3. The number of hydrogen-bond acceptors (Lipinski definition) is 6. The lowest BCUT2D eigenvalue weighted by molar-refractivity contribution is -0.148. The van der Waals surface area contributed by atoms with Gasteiger partial charge in [0.05, 0.1) is 29.5 Å². The highest BCUT2D eigenvalue weighted by Crippen LogP contribution is 2.37. The van der Waals surface area contributed by atoms with Gasteiger partial charge >= 0.3 is 5.97 Å². The second-order valence-corrected chi connectivity index (χ2v) is 6.94. The highest BCUT2D eigenvalue weighted by molar-refractivity contribution is 6.05. The van der Waals surface area contributed by atoms with Crippen LogP contribution in [0.25, 0.3) is 0 Å². The number of carbonyl (C=O) groups excluding carboxylic acids is 4. The number of nitriles is 1. The van der Waals surface area contributed by atoms with E-state index >= 15 is 0 Å². The molecule has 2 atom stereocenters. The average molecular weight is 383 g/mol. The molecule has 8 nitrogen and oxygen atoms in total. The molecule has 1 aliphatic carbocycles. The van der Waals surface area contributed by atoms with Gasteiger partial charge in [-0.25, -0.2) is 0 Å². The molecule has 146 valence electrons. The molecule has 0 radical (unpaired) electrons. The number of fused-ring (bicyclic) bond motifs is 1. The summed E-state index contributed by atoms with van der Waals surface area (Å²) in [6.07, 6.45) is 3.18. The zero-order valence-corrected chi connectivity index (χ0v) is 15.3. The van der Waals surface area contributed by atoms with Crippen molar-refractivity contribution in [2.24, 2.45) is 11.8 Å². The summed E-state index contributed by atoms with van der Waals surface area (Å²) in [6, 6.07) is 8.43. The third kappa shape index (κ3) is 4.19. The van der Waals surface area contributed by atoms with Crippen LogP contribution < -0.4 is 5.32 Å². The molecular weight excluding hydrogens is 362 g/mol. The number of amides is 3. The van der Waals surface area contributed by atoms with E-state index in [4.69, 9.17) is 10.00 Å². The van der Waals surface area contributed by atoms with E-state index in [1.807, 2.05) is 6.07 Å². The molecule has 8 heteroatoms. The molecule has 0 spiro atoms. The predicted octanol–water partition coefficient (Wildman–Crippen LogP) is 1.61. The molecule has 2 aliphatic rings. The van der Waals surface area contributed by atoms with Crippen molar-refractivity contribution in [1.29, 1.82) is 5.26 Å². The van der Waals surface area contributed by atoms with Crippen LogP contribution in [0, 0.1) is 23.2 Å². The monoisotopic (exact) mass is 383 g/mol. The van der Waals surface area contributed by atoms with Gasteiger partial charge in [-0.05, 0) is 25.0 Å². The van der Waals surface area contributed by atoms with Crippen LogP contribution in [0.2, 0.25) is 0 Å². The summed E-state index contributed by atoms with van der Waals surface area (Å²) in [5.74, 6) is -2.14. The van der Waals surface area contributed by atoms with Crippen LogP contribution in [0.4, 0.5) is 5.69 Å². The summed E-state index contributed by atoms with van der Waals surface area (Å²) in [7, 11) is 0. The smallest absolute Gasteiger partial charge is 0.308 e. The van der Waals surface area contributed by atoms with Gasteiger partial charge in [-0.2, -0.15) is 5.26 Å². The Morgan fingerprint density at radius 3 is 2.43 bits per heavy atom. The van der Waals surface area contributed by atoms with Gasteiger partial charge in [0.15, 0.2) is 6.61 Å². The van der Waals surface area contributed by atoms with E-state index in [1.165, 1.54) is 0 Å². The fraction of sp³-hybridized carbons (Fsp3) is 0.450. The number of para-hydroxylation sites is 1. The van der Waals surface area contributed by atoms with E-state index in [2.05, 4.69) is 5.32 Å². The van der Waals surface area contributed by atoms with E-state index in [-0.39, 0.29) is 36.6 Å². The minimum Gasteiger partial charge on any atom is -0.456 e. The van der Waals surface area contributed by atoms with Crippen LogP contribution in [0.3, 0.4) is 0 Å². The van der Waals surface area contributed by atoms with Crippen LogP contribution >= 0.6 is 0 Å². The standard InChI is InChI=1S/C20H21N3O5/c21-11-13-5-1-4-8-16(13)22-17(24)12-28-18(25)9-10-23-19(26)14-6-2-3-7-15(14)20(23)27/h1,4-5,8,14-15H,2-3,6-7,9-10,12H2,(H,22,24)/t14-,15+. The maximum Gasteiger partial charge on any atom is 0.308 e. The van der Waals surface area contributed by atoms with Crippen LogP contribution in [-0.4, -0.2) is 41.7 Å². The molecule has 3 amide bonds. The van der Waals surface area contributed by atoms with Crippen molar-refractivity contribution >= 4 is 29.4 Å². The number of ether oxygens (including phenoxy) is 1. The quantitative estimate of drug-likeness (QED) is 0.589. The van der Waals surface area contributed by atoms with Gasteiger partial charge < -0.3 is 10.1 Å². The molecule has 1 saturated heterocycles. The summed E-state index contributed by atoms with van der Waals surface area (Å²) < 4.78 is 4.92. The van der Waals surface area contributed by atoms with Gasteiger partial charge in [0.2, 0.25) is 11.8 Å². The van der Waals surface area contributed by atoms with Crippen LogP contribution in [-0.2, 0) is 23.9 Å². The first-order chi connectivity index (χ1) is 13.5. The van der Waals surface area contributed by atoms with Crippen LogP contribution in [0.15, 0.2) is 24.3 Å². The van der Waals surface area contributed by atoms with Crippen molar-refractivity contribution in [3.05, 3.63) is 29.8 Å². The summed E-state index contributed by atoms with van der Waals surface area (Å²) >= 11 is 0. The third-order valence-corrected chi connectivity index (χ3v) is 5.16. The molecule has 2 fully saturated rings. The maximum atomic E-state index is 12.4. The Balaban J connectivity index is 1.45. The molecule has 0 unspecified atom stereocenters. The number of esters is 1. The fourth-order valence-corrected chi connectivity index (χ4v) is 3.75. The molecule has 1 N–H and O–H groups in total. The maximum absolute atomic E-state index is 12.4. The highest BCUT2D eigenvalue weighted by atomic mass is 16.5. The number of carbonyl (C=O) groups is 4. The van der Waals surface area contributed by atoms with Crippen molar-refractivity contribution < 1.29 is 23.9 Å². The number of likely N-dealkylation sites (tertiary alicyclic amines) is 1. The number of hydrogen-bond donors (Lipinski definition) is 1. The van der Waals surface area contributed by atoms with Gasteiger partial charge in [-0.3, -0.25) is 24.1 Å². The number of imide groups is 1. The van der Waals surface area contributed by atoms with Gasteiger partial charge in [0.25, 0.3) is 5.91 Å². The third-order valence-electron chi connectivity index (χ3n) is 5.16. The highest BCUT2D eigenvalue weighted by Gasteiger charge is 2.47. The summed E-state index contributed by atoms with van der Waals surface area (Å²) in [5, 5.41) is 11.5. The topological polar surface area (TPSA) is 117 Å². The summed E-state index contributed by atoms with van der Waals surface area (Å²) in [6.45, 7) is -0.534. The van der Waals surface area contributed by atoms with Gasteiger partial charge in [-0.1, -0.05) is 25.0 Å². The number of benzene rings is 1. The summed E-state index contributed by atoms with van der Waals surface area (Å²) in [4.78, 5) is 49.7. The summed E-state index contributed by atoms with van der Waals surface area (Å²) in [5.41, 5.74) is 0.636. The van der Waals surface area contributed by atoms with E-state index in [0.29, 0.717) is 11.3 Å². The van der Waals surface area contributed by atoms with Crippen LogP contribution in [0.1, 0.15) is 37.7 Å². The van der Waals surface area contributed by atoms with Crippen molar-refractivity contribution in [2.45, 2.75) is 32.1 Å². The van der Waals surface area contributed by atoms with Gasteiger partial charge in [0.1, 0.15) is 6.07 Å². The van der Waals surface area contributed by atoms with Crippen molar-refractivity contribution in [3.63, 3.8) is 0 Å². The predicted molar refractivity (Wildman–Crippen MR) is 97.5 cm³/mol. The van der Waals surface area contributed by atoms with Gasteiger partial charge in [-0.15, -0.1) is 0 Å². The molecule has 0 bridgehead atoms. The molecule has 1 aromatic rings. The van der Waals surface area contributed by atoms with Crippen molar-refractivity contribution in [1.82, 2.24) is 4.90 Å². The number of rotatable bonds is 6. The zero-order chi connectivity index (χ0) is 20.1. The second-order valence-electron chi connectivity index (χ2n) is 6.94. The van der Waals surface area contributed by atoms with E-state index in [1.54, 1.807) is 24.3 Å². The lowest BCUT2D eigenvalue weighted by atomic mass is 9.81. The number of nitrogens with one attached hydrogen (secondary N) is 1. The fourth-order valence-electron chi connectivity index (χ4n) is 3.75. The first-order valence-corrected chi connectivity index (χ1v) is 9.31. The molecule has 28 heavy (non-hydrogen) atoms. The Morgan fingerprint density at radius 1 is 1.14 bits per heavy atom. The Hall–Kier alpha value is -3.21. The molecule has 1 aromatic carbocycles. The minimum absolute atomic E-state index is 0.0254. The van der Waals surface area contributed by atoms with Gasteiger partial charge in [0, 0.05) is 6.54 Å². The van der Waals surface area contributed by atoms with Crippen LogP contribution in [0.5, 0.6) is 0 Å². The largest absolute Gasteiger partial charge is 0.456 e. The lowest BCUT2D eigenvalue weighted by Gasteiger charge is -2.19. The van der Waals surface area contributed by atoms with E-state index < -0.39 is 18.5 Å². The molecule has 1 saturated carbocycles. The Bertz CT molecular complexity index is 820. The van der Waals surface area contributed by atoms with E-state index in [0.717, 1.165) is 30.6 Å². The van der Waals surface area contributed by atoms with Crippen molar-refractivity contribution in [3.8, 4) is 6.07 Å². The second kappa shape index (κ2) is 8.65. The molecule has 3 rings (SSSR count). The lowest BCUT2D eigenvalue weighted by Crippen LogP contribution is -2.33. The number of anilines is 1. The Kier molecular flexibility index (Phi) is 6.04. The van der Waals surface area contributed by atoms with E-state index in [9.17, 15) is 19.2 Å². The minimum atomic E-state index is -0.667. The Labute approximate surface area is 162 Å².